The van der Waals surface area contributed by atoms with Crippen LogP contribution in [0, 0.1) is 15.9 Å². The molecule has 1 aromatic rings. The maximum absolute atomic E-state index is 5.32. The fourth-order valence-corrected chi connectivity index (χ4v) is 1.50. The molecule has 0 aliphatic heterocycles. The smallest absolute Gasteiger partial charge is 0.0795 e. The lowest BCUT2D eigenvalue weighted by Gasteiger charge is -2.11. The van der Waals surface area contributed by atoms with Crippen LogP contribution in [0.15, 0.2) is 0 Å². The minimum absolute atomic E-state index is 0.617. The largest absolute Gasteiger partial charge is 0.382 e. The third-order valence-corrected chi connectivity index (χ3v) is 2.64. The number of rotatable bonds is 3. The quantitative estimate of drug-likeness (QED) is 0.705. The molecule has 0 spiro atoms. The van der Waals surface area contributed by atoms with Crippen LogP contribution in [0.4, 0.5) is 5.69 Å². The van der Waals surface area contributed by atoms with E-state index in [4.69, 9.17) is 30.2 Å². The van der Waals surface area contributed by atoms with E-state index in [1.54, 1.807) is 0 Å². The summed E-state index contributed by atoms with van der Waals surface area (Å²) in [5, 5.41) is 3.12. The van der Waals surface area contributed by atoms with Gasteiger partial charge < -0.3 is 11.1 Å². The summed E-state index contributed by atoms with van der Waals surface area (Å²) >= 11 is 10.0. The van der Waals surface area contributed by atoms with E-state index in [2.05, 4.69) is 5.32 Å². The molecule has 1 aromatic carbocycles. The highest BCUT2D eigenvalue weighted by Crippen LogP contribution is 2.24. The second kappa shape index (κ2) is 3.38. The summed E-state index contributed by atoms with van der Waals surface area (Å²) in [5.74, 6) is 0. The summed E-state index contributed by atoms with van der Waals surface area (Å²) in [4.78, 5) is 0. The van der Waals surface area contributed by atoms with Crippen LogP contribution in [0.5, 0.6) is 0 Å². The molecule has 0 amide bonds. The molecule has 0 aliphatic carbocycles. The lowest BCUT2D eigenvalue weighted by molar-refractivity contribution is 1.02. The summed E-state index contributed by atoms with van der Waals surface area (Å²) in [5.41, 5.74) is 7.43. The van der Waals surface area contributed by atoms with Crippen LogP contribution in [0.3, 0.4) is 0 Å². The Morgan fingerprint density at radius 2 is 2.00 bits per heavy atom. The van der Waals surface area contributed by atoms with Gasteiger partial charge in [-0.05, 0) is 12.5 Å². The van der Waals surface area contributed by atoms with E-state index < -0.39 is 0 Å². The van der Waals surface area contributed by atoms with Crippen molar-refractivity contribution in [3.63, 3.8) is 0 Å². The summed E-state index contributed by atoms with van der Waals surface area (Å²) in [6, 6.07) is 0. The van der Waals surface area contributed by atoms with Crippen molar-refractivity contribution in [3.05, 3.63) is 14.6 Å². The molecule has 0 radical (unpaired) electrons. The molecule has 0 fully saturated rings. The van der Waals surface area contributed by atoms with E-state index in [-0.39, 0.29) is 0 Å². The van der Waals surface area contributed by atoms with Crippen molar-refractivity contribution < 1.29 is 0 Å². The van der Waals surface area contributed by atoms with Gasteiger partial charge in [0.05, 0.1) is 14.7 Å². The van der Waals surface area contributed by atoms with Gasteiger partial charge in [0.2, 0.25) is 0 Å². The van der Waals surface area contributed by atoms with Gasteiger partial charge in [-0.25, -0.2) is 0 Å². The SMILES string of the molecule is Cc1c(NCCN)c(=S)c1=S. The standard InChI is InChI=1S/C7H10N2S2/c1-4-5(9-3-2-8)7(11)6(4)10/h9H,2-3,8H2,1H3. The van der Waals surface area contributed by atoms with E-state index in [1.165, 1.54) is 0 Å². The van der Waals surface area contributed by atoms with Crippen molar-refractivity contribution in [2.75, 3.05) is 18.4 Å². The van der Waals surface area contributed by atoms with Gasteiger partial charge in [0, 0.05) is 13.1 Å². The van der Waals surface area contributed by atoms with Gasteiger partial charge >= 0.3 is 0 Å². The predicted molar refractivity (Wildman–Crippen MR) is 52.8 cm³/mol. The predicted octanol–water partition coefficient (Wildman–Crippen LogP) is 1.70. The van der Waals surface area contributed by atoms with Gasteiger partial charge in [0.25, 0.3) is 0 Å². The van der Waals surface area contributed by atoms with Crippen LogP contribution >= 0.6 is 24.4 Å². The fraction of sp³-hybridized carbons (Fsp3) is 0.429. The van der Waals surface area contributed by atoms with Gasteiger partial charge in [0.15, 0.2) is 0 Å². The van der Waals surface area contributed by atoms with Crippen LogP contribution in [0.2, 0.25) is 0 Å². The molecule has 4 heteroatoms. The molecule has 0 heterocycles. The fourth-order valence-electron chi connectivity index (χ4n) is 0.915. The Kier molecular flexibility index (Phi) is 2.70. The Balaban J connectivity index is 2.75. The van der Waals surface area contributed by atoms with Crippen LogP contribution in [-0.4, -0.2) is 13.1 Å². The molecule has 3 N–H and O–H groups in total. The molecule has 0 saturated heterocycles. The van der Waals surface area contributed by atoms with E-state index in [1.807, 2.05) is 6.92 Å². The van der Waals surface area contributed by atoms with E-state index in [0.717, 1.165) is 26.8 Å². The van der Waals surface area contributed by atoms with Gasteiger partial charge in [-0.2, -0.15) is 0 Å². The molecule has 1 rings (SSSR count). The maximum atomic E-state index is 5.32. The third-order valence-electron chi connectivity index (χ3n) is 1.59. The zero-order valence-electron chi connectivity index (χ0n) is 6.31. The molecule has 60 valence electrons. The first-order valence-corrected chi connectivity index (χ1v) is 4.24. The van der Waals surface area contributed by atoms with Gasteiger partial charge in [-0.3, -0.25) is 0 Å². The minimum atomic E-state index is 0.617. The summed E-state index contributed by atoms with van der Waals surface area (Å²) in [7, 11) is 0. The van der Waals surface area contributed by atoms with Crippen molar-refractivity contribution in [2.45, 2.75) is 6.92 Å². The number of hydrogen-bond acceptors (Lipinski definition) is 4. The minimum Gasteiger partial charge on any atom is -0.382 e. The molecule has 0 aromatic heterocycles. The van der Waals surface area contributed by atoms with Crippen molar-refractivity contribution >= 4 is 30.1 Å². The zero-order valence-corrected chi connectivity index (χ0v) is 7.94. The number of nitrogens with two attached hydrogens (primary N) is 1. The Bertz CT molecular complexity index is 323. The number of hydrogen-bond donors (Lipinski definition) is 2. The van der Waals surface area contributed by atoms with Crippen molar-refractivity contribution in [1.29, 1.82) is 0 Å². The lowest BCUT2D eigenvalue weighted by atomic mass is 10.1. The van der Waals surface area contributed by atoms with Crippen LogP contribution in [-0.2, 0) is 0 Å². The second-order valence-corrected chi connectivity index (χ2v) is 3.19. The number of anilines is 1. The second-order valence-electron chi connectivity index (χ2n) is 2.37. The highest BCUT2D eigenvalue weighted by Gasteiger charge is 2.07. The molecular formula is C7H10N2S2. The van der Waals surface area contributed by atoms with Gasteiger partial charge in [-0.1, -0.05) is 24.4 Å². The van der Waals surface area contributed by atoms with Crippen molar-refractivity contribution in [3.8, 4) is 0 Å². The summed E-state index contributed by atoms with van der Waals surface area (Å²) in [6.45, 7) is 3.35. The molecule has 11 heavy (non-hydrogen) atoms. The van der Waals surface area contributed by atoms with Crippen LogP contribution in [0.25, 0.3) is 0 Å². The molecule has 0 bridgehead atoms. The first-order valence-electron chi connectivity index (χ1n) is 3.42. The maximum Gasteiger partial charge on any atom is 0.0795 e. The van der Waals surface area contributed by atoms with Gasteiger partial charge in [-0.15, -0.1) is 0 Å². The van der Waals surface area contributed by atoms with Gasteiger partial charge in [0.1, 0.15) is 0 Å². The van der Waals surface area contributed by atoms with E-state index in [0.29, 0.717) is 6.54 Å². The first kappa shape index (κ1) is 8.77. The Morgan fingerprint density at radius 3 is 2.45 bits per heavy atom. The average molecular weight is 186 g/mol. The summed E-state index contributed by atoms with van der Waals surface area (Å²) < 4.78 is 1.60. The van der Waals surface area contributed by atoms with Crippen molar-refractivity contribution in [1.82, 2.24) is 0 Å². The summed E-state index contributed by atoms with van der Waals surface area (Å²) in [6.07, 6.45) is 0. The highest BCUT2D eigenvalue weighted by molar-refractivity contribution is 7.74. The molecule has 0 atom stereocenters. The Morgan fingerprint density at radius 1 is 1.36 bits per heavy atom. The first-order chi connectivity index (χ1) is 5.18. The monoisotopic (exact) mass is 186 g/mol. The number of nitrogens with one attached hydrogen (secondary N) is 1. The Labute approximate surface area is 76.1 Å². The van der Waals surface area contributed by atoms with Crippen molar-refractivity contribution in [2.24, 2.45) is 5.73 Å². The normalized spacial score (nSPS) is 10.4. The van der Waals surface area contributed by atoms with Crippen LogP contribution < -0.4 is 11.1 Å². The topological polar surface area (TPSA) is 38.0 Å². The van der Waals surface area contributed by atoms with E-state index >= 15 is 0 Å². The molecule has 0 aliphatic rings. The van der Waals surface area contributed by atoms with E-state index in [9.17, 15) is 0 Å². The average Bonchev–Trinajstić information content (AvgIpc) is 2.04. The lowest BCUT2D eigenvalue weighted by Crippen LogP contribution is -2.15. The van der Waals surface area contributed by atoms with Crippen LogP contribution in [0.1, 0.15) is 5.56 Å². The third kappa shape index (κ3) is 1.47. The zero-order chi connectivity index (χ0) is 8.43. The molecule has 0 saturated carbocycles. The molecular weight excluding hydrogens is 176 g/mol. The Hall–Kier alpha value is -0.320. The molecule has 2 nitrogen and oxygen atoms in total. The molecule has 0 unspecified atom stereocenters. The highest BCUT2D eigenvalue weighted by atomic mass is 32.1.